The third-order valence-electron chi connectivity index (χ3n) is 4.08. The van der Waals surface area contributed by atoms with Crippen LogP contribution in [0.15, 0.2) is 30.0 Å². The molecule has 0 saturated heterocycles. The zero-order valence-corrected chi connectivity index (χ0v) is 17.8. The van der Waals surface area contributed by atoms with Crippen LogP contribution in [0.25, 0.3) is 0 Å². The minimum absolute atomic E-state index is 0.0120. The molecule has 0 aromatic carbocycles. The van der Waals surface area contributed by atoms with Crippen LogP contribution in [0.3, 0.4) is 0 Å². The molecule has 2 unspecified atom stereocenters. The highest BCUT2D eigenvalue weighted by atomic mass is 16.5. The van der Waals surface area contributed by atoms with E-state index < -0.39 is 6.04 Å². The summed E-state index contributed by atoms with van der Waals surface area (Å²) in [6.45, 7) is 10.4. The molecule has 0 spiro atoms. The monoisotopic (exact) mass is 393 g/mol. The van der Waals surface area contributed by atoms with Gasteiger partial charge in [0.05, 0.1) is 18.9 Å². The number of esters is 1. The number of aliphatic hydroxyl groups excluding tert-OH is 1. The summed E-state index contributed by atoms with van der Waals surface area (Å²) in [4.78, 5) is 12.7. The van der Waals surface area contributed by atoms with E-state index in [4.69, 9.17) is 9.47 Å². The molecule has 1 aromatic rings. The lowest BCUT2D eigenvalue weighted by molar-refractivity contribution is -0.148. The van der Waals surface area contributed by atoms with E-state index in [0.29, 0.717) is 18.9 Å². The molecule has 0 fully saturated rings. The van der Waals surface area contributed by atoms with E-state index in [9.17, 15) is 9.90 Å². The van der Waals surface area contributed by atoms with E-state index in [2.05, 4.69) is 30.2 Å². The molecule has 7 nitrogen and oxygen atoms in total. The smallest absolute Gasteiger partial charge is 0.331 e. The van der Waals surface area contributed by atoms with Crippen molar-refractivity contribution in [2.45, 2.75) is 72.4 Å². The molecule has 0 aliphatic rings. The van der Waals surface area contributed by atoms with Crippen LogP contribution in [0.4, 0.5) is 0 Å². The number of allylic oxidation sites excluding steroid dienone is 2. The number of hydrogen-bond acceptors (Lipinski definition) is 6. The fourth-order valence-corrected chi connectivity index (χ4v) is 2.65. The van der Waals surface area contributed by atoms with Crippen molar-refractivity contribution in [2.24, 2.45) is 5.92 Å². The first-order chi connectivity index (χ1) is 13.4. The molecule has 0 saturated carbocycles. The predicted molar refractivity (Wildman–Crippen MR) is 109 cm³/mol. The first kappa shape index (κ1) is 23.9. The highest BCUT2D eigenvalue weighted by Gasteiger charge is 2.27. The fourth-order valence-electron chi connectivity index (χ4n) is 2.65. The molecule has 1 rings (SSSR count). The molecular formula is C21H35N3O4. The Morgan fingerprint density at radius 3 is 2.64 bits per heavy atom. The first-order valence-corrected chi connectivity index (χ1v) is 10.1. The highest BCUT2D eigenvalue weighted by molar-refractivity contribution is 5.74. The van der Waals surface area contributed by atoms with Gasteiger partial charge in [0.15, 0.2) is 6.04 Å². The number of aromatic nitrogens is 3. The van der Waals surface area contributed by atoms with Crippen LogP contribution in [0.5, 0.6) is 5.88 Å². The summed E-state index contributed by atoms with van der Waals surface area (Å²) in [5.41, 5.74) is 0.987. The van der Waals surface area contributed by atoms with Gasteiger partial charge in [-0.15, -0.1) is 0 Å². The second-order valence-electron chi connectivity index (χ2n) is 7.17. The van der Waals surface area contributed by atoms with Crippen molar-refractivity contribution in [3.8, 4) is 5.88 Å². The van der Waals surface area contributed by atoms with Gasteiger partial charge in [0.25, 0.3) is 5.88 Å². The maximum atomic E-state index is 12.7. The van der Waals surface area contributed by atoms with Crippen molar-refractivity contribution >= 4 is 5.97 Å². The Morgan fingerprint density at radius 1 is 1.29 bits per heavy atom. The van der Waals surface area contributed by atoms with Gasteiger partial charge >= 0.3 is 5.97 Å². The average molecular weight is 394 g/mol. The minimum atomic E-state index is -0.569. The molecule has 1 N–H and O–H groups in total. The normalized spacial score (nSPS) is 14.5. The van der Waals surface area contributed by atoms with Gasteiger partial charge in [-0.2, -0.15) is 0 Å². The van der Waals surface area contributed by atoms with E-state index in [-0.39, 0.29) is 24.6 Å². The SMILES string of the molecule is CC/C=C\C(=C/CC)COC(=O)C(C(C)C)n1cc(OCCCC(C)O)nn1. The molecule has 0 amide bonds. The van der Waals surface area contributed by atoms with Crippen LogP contribution in [-0.2, 0) is 9.53 Å². The largest absolute Gasteiger partial charge is 0.475 e. The van der Waals surface area contributed by atoms with Crippen molar-refractivity contribution in [1.82, 2.24) is 15.0 Å². The number of rotatable bonds is 13. The van der Waals surface area contributed by atoms with Crippen molar-refractivity contribution in [3.63, 3.8) is 0 Å². The summed E-state index contributed by atoms with van der Waals surface area (Å²) in [6, 6.07) is -0.569. The van der Waals surface area contributed by atoms with Crippen LogP contribution < -0.4 is 4.74 Å². The summed E-state index contributed by atoms with van der Waals surface area (Å²) in [5.74, 6) is 0.0102. The summed E-state index contributed by atoms with van der Waals surface area (Å²) < 4.78 is 12.6. The van der Waals surface area contributed by atoms with Crippen molar-refractivity contribution in [3.05, 3.63) is 30.0 Å². The number of hydrogen-bond donors (Lipinski definition) is 1. The van der Waals surface area contributed by atoms with Crippen molar-refractivity contribution in [1.29, 1.82) is 0 Å². The number of nitrogens with zero attached hydrogens (tertiary/aromatic N) is 3. The van der Waals surface area contributed by atoms with Crippen molar-refractivity contribution < 1.29 is 19.4 Å². The Morgan fingerprint density at radius 2 is 2.04 bits per heavy atom. The number of ether oxygens (including phenoxy) is 2. The topological polar surface area (TPSA) is 86.5 Å². The number of aliphatic hydroxyl groups is 1. The molecule has 158 valence electrons. The highest BCUT2D eigenvalue weighted by Crippen LogP contribution is 2.21. The van der Waals surface area contributed by atoms with Gasteiger partial charge < -0.3 is 14.6 Å². The zero-order valence-electron chi connectivity index (χ0n) is 17.8. The molecule has 0 bridgehead atoms. The minimum Gasteiger partial charge on any atom is -0.475 e. The Bertz CT molecular complexity index is 635. The molecule has 0 radical (unpaired) electrons. The Balaban J connectivity index is 2.70. The van der Waals surface area contributed by atoms with Crippen LogP contribution in [0.1, 0.15) is 66.3 Å². The molecule has 28 heavy (non-hydrogen) atoms. The molecule has 2 atom stereocenters. The van der Waals surface area contributed by atoms with Gasteiger partial charge in [-0.3, -0.25) is 0 Å². The van der Waals surface area contributed by atoms with E-state index >= 15 is 0 Å². The third kappa shape index (κ3) is 8.69. The fraction of sp³-hybridized carbons (Fsp3) is 0.667. The second kappa shape index (κ2) is 13.1. The van der Waals surface area contributed by atoms with Gasteiger partial charge in [0, 0.05) is 0 Å². The lowest BCUT2D eigenvalue weighted by Gasteiger charge is -2.19. The molecule has 0 aliphatic heterocycles. The van der Waals surface area contributed by atoms with Crippen LogP contribution in [0, 0.1) is 5.92 Å². The molecule has 7 heteroatoms. The van der Waals surface area contributed by atoms with E-state index in [1.807, 2.05) is 26.0 Å². The lowest BCUT2D eigenvalue weighted by atomic mass is 10.1. The summed E-state index contributed by atoms with van der Waals surface area (Å²) in [7, 11) is 0. The van der Waals surface area contributed by atoms with E-state index in [1.54, 1.807) is 13.1 Å². The standard InChI is InChI=1S/C21H35N3O4/c1-6-8-12-18(10-7-2)15-28-21(26)20(16(3)4)24-14-19(22-23-24)27-13-9-11-17(5)25/h8,10,12,14,16-17,20,25H,6-7,9,11,13,15H2,1-5H3/b12-8-,18-10+. The quantitative estimate of drug-likeness (QED) is 0.311. The van der Waals surface area contributed by atoms with E-state index in [0.717, 1.165) is 24.8 Å². The average Bonchev–Trinajstić information content (AvgIpc) is 3.09. The number of carbonyl (C=O) groups excluding carboxylic acids is 1. The second-order valence-corrected chi connectivity index (χ2v) is 7.17. The summed E-state index contributed by atoms with van der Waals surface area (Å²) >= 11 is 0. The van der Waals surface area contributed by atoms with Gasteiger partial charge in [-0.25, -0.2) is 9.48 Å². The van der Waals surface area contributed by atoms with Gasteiger partial charge in [0.1, 0.15) is 6.61 Å². The number of carbonyl (C=O) groups is 1. The van der Waals surface area contributed by atoms with Gasteiger partial charge in [0.2, 0.25) is 0 Å². The summed E-state index contributed by atoms with van der Waals surface area (Å²) in [6.07, 6.45) is 10.6. The summed E-state index contributed by atoms with van der Waals surface area (Å²) in [5, 5.41) is 17.3. The van der Waals surface area contributed by atoms with Crippen molar-refractivity contribution in [2.75, 3.05) is 13.2 Å². The zero-order chi connectivity index (χ0) is 20.9. The van der Waals surface area contributed by atoms with Gasteiger partial charge in [-0.1, -0.05) is 56.2 Å². The maximum Gasteiger partial charge on any atom is 0.331 e. The Kier molecular flexibility index (Phi) is 11.2. The Hall–Kier alpha value is -2.15. The maximum absolute atomic E-state index is 12.7. The third-order valence-corrected chi connectivity index (χ3v) is 4.08. The molecule has 1 aromatic heterocycles. The molecular weight excluding hydrogens is 358 g/mol. The lowest BCUT2D eigenvalue weighted by Crippen LogP contribution is -2.27. The predicted octanol–water partition coefficient (Wildman–Crippen LogP) is 3.86. The van der Waals surface area contributed by atoms with Crippen LogP contribution in [0.2, 0.25) is 0 Å². The molecule has 0 aliphatic carbocycles. The Labute approximate surface area is 168 Å². The van der Waals surface area contributed by atoms with Crippen LogP contribution >= 0.6 is 0 Å². The van der Waals surface area contributed by atoms with Gasteiger partial charge in [-0.05, 0) is 44.1 Å². The van der Waals surface area contributed by atoms with E-state index in [1.165, 1.54) is 4.68 Å². The van der Waals surface area contributed by atoms with Crippen LogP contribution in [-0.4, -0.2) is 45.4 Å². The molecule has 1 heterocycles. The first-order valence-electron chi connectivity index (χ1n) is 10.1.